The van der Waals surface area contributed by atoms with Crippen molar-refractivity contribution in [3.63, 3.8) is 0 Å². The maximum atomic E-state index is 5.33. The molecule has 3 rings (SSSR count). The van der Waals surface area contributed by atoms with Gasteiger partial charge in [0.05, 0.1) is 11.6 Å². The van der Waals surface area contributed by atoms with Gasteiger partial charge in [0.1, 0.15) is 0 Å². The van der Waals surface area contributed by atoms with Crippen LogP contribution in [-0.4, -0.2) is 11.1 Å². The average Bonchev–Trinajstić information content (AvgIpc) is 2.26. The van der Waals surface area contributed by atoms with Gasteiger partial charge < -0.3 is 0 Å². The Hall–Kier alpha value is -1.61. The highest BCUT2D eigenvalue weighted by Crippen LogP contribution is 2.25. The average molecular weight is 199 g/mol. The van der Waals surface area contributed by atoms with Gasteiger partial charge in [-0.25, -0.2) is 10.5 Å². The molecular formula is C12H11N2O. The molecule has 1 aliphatic rings. The maximum Gasteiger partial charge on any atom is 0.153 e. The first-order valence-electron chi connectivity index (χ1n) is 5.04. The fourth-order valence-electron chi connectivity index (χ4n) is 1.85. The van der Waals surface area contributed by atoms with Crippen molar-refractivity contribution in [3.8, 4) is 0 Å². The molecule has 1 radical (unpaired) electrons. The number of anilines is 1. The third-order valence-electron chi connectivity index (χ3n) is 2.61. The lowest BCUT2D eigenvalue weighted by molar-refractivity contribution is 0.104. The second kappa shape index (κ2) is 3.21. The van der Waals surface area contributed by atoms with E-state index in [1.54, 1.807) is 0 Å². The summed E-state index contributed by atoms with van der Waals surface area (Å²) in [6, 6.07) is 11.0. The normalized spacial score (nSPS) is 19.7. The Morgan fingerprint density at radius 1 is 1.60 bits per heavy atom. The SMILES string of the molecule is C[C@@H]1Cc2cc3cc[c]cc3nc2NO1. The minimum atomic E-state index is 0.201. The van der Waals surface area contributed by atoms with Gasteiger partial charge in [-0.1, -0.05) is 12.1 Å². The van der Waals surface area contributed by atoms with E-state index in [9.17, 15) is 0 Å². The van der Waals surface area contributed by atoms with Gasteiger partial charge in [0.2, 0.25) is 0 Å². The summed E-state index contributed by atoms with van der Waals surface area (Å²) in [6.07, 6.45) is 1.11. The Labute approximate surface area is 88.0 Å². The summed E-state index contributed by atoms with van der Waals surface area (Å²) in [5, 5.41) is 1.16. The van der Waals surface area contributed by atoms with Crippen molar-refractivity contribution in [1.29, 1.82) is 0 Å². The summed E-state index contributed by atoms with van der Waals surface area (Å²) in [7, 11) is 0. The molecule has 1 aliphatic heterocycles. The Morgan fingerprint density at radius 2 is 2.53 bits per heavy atom. The highest BCUT2D eigenvalue weighted by Gasteiger charge is 2.16. The van der Waals surface area contributed by atoms with Crippen LogP contribution in [0.1, 0.15) is 12.5 Å². The number of pyridine rings is 1. The Bertz CT molecular complexity index is 510. The van der Waals surface area contributed by atoms with E-state index in [-0.39, 0.29) is 6.10 Å². The van der Waals surface area contributed by atoms with Gasteiger partial charge in [0.25, 0.3) is 0 Å². The molecule has 0 spiro atoms. The van der Waals surface area contributed by atoms with E-state index in [1.807, 2.05) is 25.1 Å². The van der Waals surface area contributed by atoms with Gasteiger partial charge in [-0.15, -0.1) is 0 Å². The lowest BCUT2D eigenvalue weighted by atomic mass is 10.1. The quantitative estimate of drug-likeness (QED) is 0.707. The van der Waals surface area contributed by atoms with Crippen molar-refractivity contribution in [2.24, 2.45) is 0 Å². The van der Waals surface area contributed by atoms with E-state index in [1.165, 1.54) is 5.56 Å². The zero-order valence-corrected chi connectivity index (χ0v) is 8.45. The van der Waals surface area contributed by atoms with Crippen molar-refractivity contribution < 1.29 is 4.84 Å². The number of aromatic nitrogens is 1. The van der Waals surface area contributed by atoms with Crippen LogP contribution in [0, 0.1) is 6.07 Å². The molecule has 0 amide bonds. The standard InChI is InChI=1S/C12H11N2O/c1-8-6-10-7-9-4-2-3-5-11(9)13-12(10)14-15-8/h2,4-5,7-8H,6H2,1H3,(H,13,14)/t8-/m1/s1. The van der Waals surface area contributed by atoms with Crippen LogP contribution >= 0.6 is 0 Å². The van der Waals surface area contributed by atoms with Crippen LogP contribution in [0.4, 0.5) is 5.82 Å². The molecule has 0 aliphatic carbocycles. The molecule has 0 saturated carbocycles. The minimum Gasteiger partial charge on any atom is -0.271 e. The van der Waals surface area contributed by atoms with Gasteiger partial charge in [-0.3, -0.25) is 4.84 Å². The second-order valence-corrected chi connectivity index (χ2v) is 3.85. The summed E-state index contributed by atoms with van der Waals surface area (Å²) in [6.45, 7) is 2.04. The molecule has 15 heavy (non-hydrogen) atoms. The molecule has 3 nitrogen and oxygen atoms in total. The van der Waals surface area contributed by atoms with Crippen LogP contribution in [-0.2, 0) is 11.3 Å². The lowest BCUT2D eigenvalue weighted by Crippen LogP contribution is -2.23. The third kappa shape index (κ3) is 1.45. The van der Waals surface area contributed by atoms with E-state index in [2.05, 4.69) is 22.6 Å². The van der Waals surface area contributed by atoms with Gasteiger partial charge in [-0.2, -0.15) is 0 Å². The summed E-state index contributed by atoms with van der Waals surface area (Å²) in [5.74, 6) is 0.834. The zero-order chi connectivity index (χ0) is 10.3. The van der Waals surface area contributed by atoms with Crippen molar-refractivity contribution in [3.05, 3.63) is 35.9 Å². The first-order valence-corrected chi connectivity index (χ1v) is 5.04. The molecule has 1 atom stereocenters. The smallest absolute Gasteiger partial charge is 0.153 e. The van der Waals surface area contributed by atoms with Crippen LogP contribution in [0.5, 0.6) is 0 Å². The maximum absolute atomic E-state index is 5.33. The minimum absolute atomic E-state index is 0.201. The van der Waals surface area contributed by atoms with Crippen LogP contribution < -0.4 is 5.48 Å². The molecule has 1 aromatic heterocycles. The van der Waals surface area contributed by atoms with E-state index in [0.29, 0.717) is 0 Å². The first-order chi connectivity index (χ1) is 7.33. The summed E-state index contributed by atoms with van der Waals surface area (Å²) in [5.41, 5.74) is 5.04. The molecule has 1 N–H and O–H groups in total. The highest BCUT2D eigenvalue weighted by molar-refractivity contribution is 5.81. The summed E-state index contributed by atoms with van der Waals surface area (Å²) >= 11 is 0. The van der Waals surface area contributed by atoms with Crippen LogP contribution in [0.15, 0.2) is 24.3 Å². The third-order valence-corrected chi connectivity index (χ3v) is 2.61. The Morgan fingerprint density at radius 3 is 3.47 bits per heavy atom. The van der Waals surface area contributed by atoms with Gasteiger partial charge in [-0.05, 0) is 30.7 Å². The number of fused-ring (bicyclic) bond motifs is 2. The number of nitrogens with one attached hydrogen (secondary N) is 1. The lowest BCUT2D eigenvalue weighted by Gasteiger charge is -2.22. The fourth-order valence-corrected chi connectivity index (χ4v) is 1.85. The number of nitrogens with zero attached hydrogens (tertiary/aromatic N) is 1. The number of rotatable bonds is 0. The fraction of sp³-hybridized carbons (Fsp3) is 0.250. The highest BCUT2D eigenvalue weighted by atomic mass is 16.7. The predicted octanol–water partition coefficient (Wildman–Crippen LogP) is 2.32. The van der Waals surface area contributed by atoms with E-state index >= 15 is 0 Å². The van der Waals surface area contributed by atoms with Gasteiger partial charge >= 0.3 is 0 Å². The van der Waals surface area contributed by atoms with E-state index in [0.717, 1.165) is 23.1 Å². The van der Waals surface area contributed by atoms with Crippen molar-refractivity contribution in [2.45, 2.75) is 19.4 Å². The molecular weight excluding hydrogens is 188 g/mol. The molecule has 1 aromatic carbocycles. The molecule has 0 bridgehead atoms. The predicted molar refractivity (Wildman–Crippen MR) is 58.5 cm³/mol. The topological polar surface area (TPSA) is 34.2 Å². The molecule has 0 saturated heterocycles. The zero-order valence-electron chi connectivity index (χ0n) is 8.45. The molecule has 0 fully saturated rings. The molecule has 0 unspecified atom stereocenters. The Kier molecular flexibility index (Phi) is 1.86. The van der Waals surface area contributed by atoms with Crippen molar-refractivity contribution >= 4 is 16.7 Å². The second-order valence-electron chi connectivity index (χ2n) is 3.85. The van der Waals surface area contributed by atoms with Crippen LogP contribution in [0.3, 0.4) is 0 Å². The van der Waals surface area contributed by atoms with Crippen molar-refractivity contribution in [2.75, 3.05) is 5.48 Å². The van der Waals surface area contributed by atoms with E-state index in [4.69, 9.17) is 4.84 Å². The Balaban J connectivity index is 2.20. The molecule has 2 heterocycles. The van der Waals surface area contributed by atoms with Gasteiger partial charge in [0.15, 0.2) is 5.82 Å². The van der Waals surface area contributed by atoms with Crippen molar-refractivity contribution in [1.82, 2.24) is 4.98 Å². The van der Waals surface area contributed by atoms with Crippen LogP contribution in [0.2, 0.25) is 0 Å². The van der Waals surface area contributed by atoms with E-state index < -0.39 is 0 Å². The molecule has 2 aromatic rings. The van der Waals surface area contributed by atoms with Crippen LogP contribution in [0.25, 0.3) is 10.9 Å². The molecule has 3 heteroatoms. The number of hydrogen-bond acceptors (Lipinski definition) is 3. The molecule has 75 valence electrons. The number of hydrogen-bond donors (Lipinski definition) is 1. The first kappa shape index (κ1) is 8.68. The largest absolute Gasteiger partial charge is 0.271 e. The van der Waals surface area contributed by atoms with Gasteiger partial charge in [0, 0.05) is 11.8 Å². The summed E-state index contributed by atoms with van der Waals surface area (Å²) < 4.78 is 0. The number of benzene rings is 1. The summed E-state index contributed by atoms with van der Waals surface area (Å²) in [4.78, 5) is 9.81. The monoisotopic (exact) mass is 199 g/mol.